The second kappa shape index (κ2) is 9.27. The molecule has 4 rings (SSSR count). The van der Waals surface area contributed by atoms with Gasteiger partial charge in [-0.2, -0.15) is 5.10 Å². The Morgan fingerprint density at radius 1 is 0.879 bits per heavy atom. The summed E-state index contributed by atoms with van der Waals surface area (Å²) in [5, 5.41) is 27.5. The summed E-state index contributed by atoms with van der Waals surface area (Å²) in [6.45, 7) is 2.32. The molecule has 0 bridgehead atoms. The SMILES string of the molecule is Cc1ccc(-c2cccc(-c3ccccc3[N+](=O)[O-])c2OCCn2cncn2)c([N+](=O)[O-])c1. The van der Waals surface area contributed by atoms with Crippen LogP contribution in [-0.4, -0.2) is 31.2 Å². The minimum Gasteiger partial charge on any atom is -0.490 e. The molecule has 0 saturated heterocycles. The largest absolute Gasteiger partial charge is 0.490 e. The molecule has 0 fully saturated rings. The maximum Gasteiger partial charge on any atom is 0.277 e. The highest BCUT2D eigenvalue weighted by Gasteiger charge is 2.24. The van der Waals surface area contributed by atoms with Crippen molar-refractivity contribution >= 4 is 11.4 Å². The van der Waals surface area contributed by atoms with E-state index in [1.165, 1.54) is 18.5 Å². The Labute approximate surface area is 188 Å². The second-order valence-corrected chi connectivity index (χ2v) is 7.24. The van der Waals surface area contributed by atoms with E-state index < -0.39 is 9.85 Å². The first-order chi connectivity index (χ1) is 16.0. The van der Waals surface area contributed by atoms with E-state index in [1.807, 2.05) is 0 Å². The van der Waals surface area contributed by atoms with Gasteiger partial charge in [0.2, 0.25) is 0 Å². The lowest BCUT2D eigenvalue weighted by Crippen LogP contribution is -2.10. The molecule has 0 unspecified atom stereocenters. The van der Waals surface area contributed by atoms with Gasteiger partial charge in [0.25, 0.3) is 11.4 Å². The van der Waals surface area contributed by atoms with Crippen molar-refractivity contribution in [3.8, 4) is 28.0 Å². The van der Waals surface area contributed by atoms with Crippen molar-refractivity contribution in [2.24, 2.45) is 0 Å². The Morgan fingerprint density at radius 3 is 2.21 bits per heavy atom. The van der Waals surface area contributed by atoms with Crippen LogP contribution in [-0.2, 0) is 6.54 Å². The number of para-hydroxylation sites is 2. The number of nitro benzene ring substituents is 2. The molecule has 3 aromatic carbocycles. The predicted molar refractivity (Wildman–Crippen MR) is 121 cm³/mol. The molecule has 0 aliphatic rings. The van der Waals surface area contributed by atoms with Crippen LogP contribution in [0, 0.1) is 27.2 Å². The van der Waals surface area contributed by atoms with Crippen molar-refractivity contribution in [2.75, 3.05) is 6.61 Å². The fourth-order valence-corrected chi connectivity index (χ4v) is 3.59. The van der Waals surface area contributed by atoms with Crippen molar-refractivity contribution in [3.05, 3.63) is 99.1 Å². The summed E-state index contributed by atoms with van der Waals surface area (Å²) in [5.41, 5.74) is 2.24. The molecule has 1 heterocycles. The summed E-state index contributed by atoms with van der Waals surface area (Å²) in [6, 6.07) is 16.4. The quantitative estimate of drug-likeness (QED) is 0.281. The third-order valence-corrected chi connectivity index (χ3v) is 5.08. The molecule has 166 valence electrons. The summed E-state index contributed by atoms with van der Waals surface area (Å²) >= 11 is 0. The topological polar surface area (TPSA) is 126 Å². The zero-order valence-corrected chi connectivity index (χ0v) is 17.6. The van der Waals surface area contributed by atoms with Gasteiger partial charge >= 0.3 is 0 Å². The summed E-state index contributed by atoms with van der Waals surface area (Å²) in [5.74, 6) is 0.318. The predicted octanol–water partition coefficient (Wildman–Crippen LogP) is 4.82. The van der Waals surface area contributed by atoms with E-state index in [4.69, 9.17) is 4.74 Å². The van der Waals surface area contributed by atoms with Gasteiger partial charge in [-0.25, -0.2) is 9.67 Å². The third-order valence-electron chi connectivity index (χ3n) is 5.08. The van der Waals surface area contributed by atoms with Crippen LogP contribution in [0.15, 0.2) is 73.3 Å². The van der Waals surface area contributed by atoms with Gasteiger partial charge < -0.3 is 4.74 Å². The Bertz CT molecular complexity index is 1320. The van der Waals surface area contributed by atoms with E-state index in [0.29, 0.717) is 34.5 Å². The van der Waals surface area contributed by atoms with Crippen LogP contribution in [0.3, 0.4) is 0 Å². The second-order valence-electron chi connectivity index (χ2n) is 7.24. The number of nitrogens with zero attached hydrogens (tertiary/aromatic N) is 5. The lowest BCUT2D eigenvalue weighted by atomic mass is 9.95. The zero-order valence-electron chi connectivity index (χ0n) is 17.6. The average molecular weight is 445 g/mol. The van der Waals surface area contributed by atoms with Gasteiger partial charge in [-0.1, -0.05) is 36.4 Å². The standard InChI is InChI=1S/C23H19N5O5/c1-16-9-10-18(22(13-16)28(31)32)20-7-4-6-19(17-5-2-3-8-21(17)27(29)30)23(20)33-12-11-26-15-24-14-25-26/h2-10,13-15H,11-12H2,1H3. The molecule has 0 aliphatic heterocycles. The molecule has 1 aromatic heterocycles. The number of hydrogen-bond acceptors (Lipinski definition) is 7. The lowest BCUT2D eigenvalue weighted by Gasteiger charge is -2.17. The molecule has 10 heteroatoms. The monoisotopic (exact) mass is 445 g/mol. The van der Waals surface area contributed by atoms with Gasteiger partial charge in [0.1, 0.15) is 25.0 Å². The van der Waals surface area contributed by atoms with Crippen LogP contribution < -0.4 is 4.74 Å². The highest BCUT2D eigenvalue weighted by Crippen LogP contribution is 2.44. The minimum absolute atomic E-state index is 0.0733. The maximum absolute atomic E-state index is 11.8. The Morgan fingerprint density at radius 2 is 1.55 bits per heavy atom. The highest BCUT2D eigenvalue weighted by atomic mass is 16.6. The van der Waals surface area contributed by atoms with E-state index in [9.17, 15) is 20.2 Å². The number of aryl methyl sites for hydroxylation is 1. The number of rotatable bonds is 8. The zero-order chi connectivity index (χ0) is 23.4. The Hall–Kier alpha value is -4.60. The van der Waals surface area contributed by atoms with Crippen LogP contribution in [0.5, 0.6) is 5.75 Å². The van der Waals surface area contributed by atoms with Gasteiger partial charge in [0.15, 0.2) is 0 Å². The Balaban J connectivity index is 1.88. The number of aromatic nitrogens is 3. The summed E-state index contributed by atoms with van der Waals surface area (Å²) < 4.78 is 7.70. The molecule has 0 saturated carbocycles. The molecule has 0 N–H and O–H groups in total. The molecule has 4 aromatic rings. The van der Waals surface area contributed by atoms with Crippen molar-refractivity contribution in [1.29, 1.82) is 0 Å². The fraction of sp³-hybridized carbons (Fsp3) is 0.130. The number of ether oxygens (including phenoxy) is 1. The third kappa shape index (κ3) is 4.54. The average Bonchev–Trinajstić information content (AvgIpc) is 3.32. The first-order valence-electron chi connectivity index (χ1n) is 10.0. The molecule has 10 nitrogen and oxygen atoms in total. The summed E-state index contributed by atoms with van der Waals surface area (Å²) in [4.78, 5) is 26.4. The van der Waals surface area contributed by atoms with Crippen LogP contribution >= 0.6 is 0 Å². The Kier molecular flexibility index (Phi) is 6.07. The molecule has 0 spiro atoms. The molecule has 0 aliphatic carbocycles. The number of hydrogen-bond donors (Lipinski definition) is 0. The van der Waals surface area contributed by atoms with Gasteiger partial charge in [0, 0.05) is 23.3 Å². The smallest absolute Gasteiger partial charge is 0.277 e. The van der Waals surface area contributed by atoms with Crippen molar-refractivity contribution in [3.63, 3.8) is 0 Å². The van der Waals surface area contributed by atoms with E-state index in [0.717, 1.165) is 5.56 Å². The molecule has 0 radical (unpaired) electrons. The van der Waals surface area contributed by atoms with E-state index >= 15 is 0 Å². The fourth-order valence-electron chi connectivity index (χ4n) is 3.59. The van der Waals surface area contributed by atoms with Crippen LogP contribution in [0.4, 0.5) is 11.4 Å². The molecule has 0 amide bonds. The first-order valence-corrected chi connectivity index (χ1v) is 10.0. The molecular weight excluding hydrogens is 426 g/mol. The maximum atomic E-state index is 11.8. The van der Waals surface area contributed by atoms with E-state index in [2.05, 4.69) is 10.1 Å². The van der Waals surface area contributed by atoms with Crippen molar-refractivity contribution in [2.45, 2.75) is 13.5 Å². The van der Waals surface area contributed by atoms with Crippen LogP contribution in [0.2, 0.25) is 0 Å². The molecule has 0 atom stereocenters. The normalized spacial score (nSPS) is 10.7. The first kappa shape index (κ1) is 21.6. The minimum atomic E-state index is -0.463. The number of benzene rings is 3. The summed E-state index contributed by atoms with van der Waals surface area (Å²) in [6.07, 6.45) is 2.95. The van der Waals surface area contributed by atoms with Gasteiger partial charge in [-0.3, -0.25) is 20.2 Å². The summed E-state index contributed by atoms with van der Waals surface area (Å²) in [7, 11) is 0. The van der Waals surface area contributed by atoms with Crippen molar-refractivity contribution in [1.82, 2.24) is 14.8 Å². The van der Waals surface area contributed by atoms with Crippen LogP contribution in [0.1, 0.15) is 5.56 Å². The van der Waals surface area contributed by atoms with Crippen LogP contribution in [0.25, 0.3) is 22.3 Å². The van der Waals surface area contributed by atoms with Gasteiger partial charge in [-0.15, -0.1) is 0 Å². The molecular formula is C23H19N5O5. The van der Waals surface area contributed by atoms with Gasteiger partial charge in [0.05, 0.1) is 27.5 Å². The lowest BCUT2D eigenvalue weighted by molar-refractivity contribution is -0.384. The van der Waals surface area contributed by atoms with Gasteiger partial charge in [-0.05, 0) is 24.6 Å². The highest BCUT2D eigenvalue weighted by molar-refractivity contribution is 5.88. The number of nitro groups is 2. The van der Waals surface area contributed by atoms with E-state index in [-0.39, 0.29) is 18.0 Å². The van der Waals surface area contributed by atoms with Crippen molar-refractivity contribution < 1.29 is 14.6 Å². The van der Waals surface area contributed by atoms with E-state index in [1.54, 1.807) is 66.5 Å². The molecule has 33 heavy (non-hydrogen) atoms.